The SMILES string of the molecule is CCOC(=O)Nc1cc(NCC(=NO)c2ccc([N+](=O)[O-])cc2)c([N+](=O)[O-])c(N)n1. The number of benzene rings is 1. The smallest absolute Gasteiger partial charge is 0.412 e. The fourth-order valence-corrected chi connectivity index (χ4v) is 2.37. The summed E-state index contributed by atoms with van der Waals surface area (Å²) < 4.78 is 4.72. The molecule has 2 rings (SSSR count). The van der Waals surface area contributed by atoms with Gasteiger partial charge >= 0.3 is 11.8 Å². The molecule has 5 N–H and O–H groups in total. The largest absolute Gasteiger partial charge is 0.450 e. The number of non-ortho nitro benzene ring substituents is 1. The number of nitro benzene ring substituents is 1. The Morgan fingerprint density at radius 2 is 1.93 bits per heavy atom. The molecule has 0 saturated heterocycles. The van der Waals surface area contributed by atoms with Crippen LogP contribution in [0.3, 0.4) is 0 Å². The maximum Gasteiger partial charge on any atom is 0.412 e. The van der Waals surface area contributed by atoms with Crippen molar-refractivity contribution in [1.82, 2.24) is 4.98 Å². The number of pyridine rings is 1. The molecule has 158 valence electrons. The van der Waals surface area contributed by atoms with Crippen molar-refractivity contribution in [3.63, 3.8) is 0 Å². The molecule has 2 aromatic rings. The van der Waals surface area contributed by atoms with E-state index >= 15 is 0 Å². The van der Waals surface area contributed by atoms with Crippen LogP contribution >= 0.6 is 0 Å². The Labute approximate surface area is 168 Å². The molecule has 1 aromatic carbocycles. The van der Waals surface area contributed by atoms with Crippen molar-refractivity contribution in [2.45, 2.75) is 6.92 Å². The van der Waals surface area contributed by atoms with E-state index in [1.165, 1.54) is 24.3 Å². The van der Waals surface area contributed by atoms with Gasteiger partial charge in [-0.1, -0.05) is 5.16 Å². The molecule has 0 saturated carbocycles. The highest BCUT2D eigenvalue weighted by atomic mass is 16.6. The number of aromatic nitrogens is 1. The van der Waals surface area contributed by atoms with Gasteiger partial charge in [0.15, 0.2) is 0 Å². The van der Waals surface area contributed by atoms with Gasteiger partial charge in [-0.05, 0) is 19.1 Å². The first-order valence-corrected chi connectivity index (χ1v) is 8.35. The van der Waals surface area contributed by atoms with Crippen molar-refractivity contribution in [3.8, 4) is 0 Å². The van der Waals surface area contributed by atoms with Gasteiger partial charge in [0, 0.05) is 23.8 Å². The van der Waals surface area contributed by atoms with Crippen LogP contribution in [0.5, 0.6) is 0 Å². The van der Waals surface area contributed by atoms with Gasteiger partial charge in [0.05, 0.1) is 23.0 Å². The van der Waals surface area contributed by atoms with Crippen LogP contribution in [0.4, 0.5) is 33.5 Å². The van der Waals surface area contributed by atoms with Gasteiger partial charge < -0.3 is 21.0 Å². The zero-order valence-electron chi connectivity index (χ0n) is 15.6. The number of carbonyl (C=O) groups is 1. The topological polar surface area (TPSA) is 208 Å². The second kappa shape index (κ2) is 9.63. The summed E-state index contributed by atoms with van der Waals surface area (Å²) in [7, 11) is 0. The molecule has 0 aliphatic rings. The third-order valence-corrected chi connectivity index (χ3v) is 3.69. The van der Waals surface area contributed by atoms with E-state index in [9.17, 15) is 30.2 Å². The van der Waals surface area contributed by atoms with Gasteiger partial charge in [0.1, 0.15) is 17.2 Å². The lowest BCUT2D eigenvalue weighted by molar-refractivity contribution is -0.384. The zero-order valence-corrected chi connectivity index (χ0v) is 15.6. The van der Waals surface area contributed by atoms with E-state index in [4.69, 9.17) is 10.5 Å². The molecule has 0 fully saturated rings. The molecule has 30 heavy (non-hydrogen) atoms. The minimum atomic E-state index is -0.826. The number of nitrogens with one attached hydrogen (secondary N) is 2. The Morgan fingerprint density at radius 3 is 2.47 bits per heavy atom. The standard InChI is InChI=1S/C16H17N7O7/c1-2-30-16(24)20-13-7-11(14(23(28)29)15(17)19-13)18-8-12(21-25)9-3-5-10(6-4-9)22(26)27/h3-7,25H,2,8H2,1H3,(H4,17,18,19,20,24). The first-order valence-electron chi connectivity index (χ1n) is 8.35. The summed E-state index contributed by atoms with van der Waals surface area (Å²) in [5.41, 5.74) is 5.20. The molecule has 1 heterocycles. The van der Waals surface area contributed by atoms with E-state index in [1.807, 2.05) is 0 Å². The normalized spacial score (nSPS) is 10.9. The van der Waals surface area contributed by atoms with Crippen LogP contribution < -0.4 is 16.4 Å². The van der Waals surface area contributed by atoms with Gasteiger partial charge in [0.2, 0.25) is 5.82 Å². The number of ether oxygens (including phenoxy) is 1. The Bertz CT molecular complexity index is 992. The van der Waals surface area contributed by atoms with Gasteiger partial charge in [-0.25, -0.2) is 9.78 Å². The number of hydrogen-bond donors (Lipinski definition) is 4. The molecule has 0 aliphatic carbocycles. The van der Waals surface area contributed by atoms with Crippen LogP contribution in [0, 0.1) is 20.2 Å². The van der Waals surface area contributed by atoms with E-state index in [0.29, 0.717) is 5.56 Å². The van der Waals surface area contributed by atoms with Crippen LogP contribution in [0.2, 0.25) is 0 Å². The first kappa shape index (κ1) is 21.8. The van der Waals surface area contributed by atoms with E-state index in [2.05, 4.69) is 20.8 Å². The number of nitrogen functional groups attached to an aromatic ring is 1. The molecule has 0 bridgehead atoms. The molecule has 0 unspecified atom stereocenters. The molecule has 14 heteroatoms. The number of rotatable bonds is 8. The molecule has 0 spiro atoms. The fraction of sp³-hybridized carbons (Fsp3) is 0.188. The number of nitro groups is 2. The van der Waals surface area contributed by atoms with E-state index in [0.717, 1.165) is 6.07 Å². The second-order valence-corrected chi connectivity index (χ2v) is 5.60. The third-order valence-electron chi connectivity index (χ3n) is 3.69. The number of oxime groups is 1. The number of anilines is 3. The van der Waals surface area contributed by atoms with Crippen molar-refractivity contribution in [3.05, 3.63) is 56.1 Å². The molecule has 0 aliphatic heterocycles. The second-order valence-electron chi connectivity index (χ2n) is 5.60. The quantitative estimate of drug-likeness (QED) is 0.212. The lowest BCUT2D eigenvalue weighted by atomic mass is 10.1. The number of amides is 1. The lowest BCUT2D eigenvalue weighted by Gasteiger charge is -2.12. The highest BCUT2D eigenvalue weighted by Gasteiger charge is 2.22. The molecule has 1 aromatic heterocycles. The number of nitrogens with zero attached hydrogens (tertiary/aromatic N) is 4. The van der Waals surface area contributed by atoms with Crippen LogP contribution in [-0.4, -0.2) is 45.0 Å². The Morgan fingerprint density at radius 1 is 1.27 bits per heavy atom. The summed E-state index contributed by atoms with van der Waals surface area (Å²) in [5, 5.41) is 39.5. The summed E-state index contributed by atoms with van der Waals surface area (Å²) in [6.07, 6.45) is -0.826. The number of nitrogens with two attached hydrogens (primary N) is 1. The van der Waals surface area contributed by atoms with Gasteiger partial charge in [-0.2, -0.15) is 0 Å². The minimum Gasteiger partial charge on any atom is -0.450 e. The molecular weight excluding hydrogens is 402 g/mol. The highest BCUT2D eigenvalue weighted by molar-refractivity contribution is 6.03. The van der Waals surface area contributed by atoms with E-state index in [-0.39, 0.29) is 36.1 Å². The molecule has 0 radical (unpaired) electrons. The lowest BCUT2D eigenvalue weighted by Crippen LogP contribution is -2.18. The van der Waals surface area contributed by atoms with Crippen molar-refractivity contribution >= 4 is 40.5 Å². The van der Waals surface area contributed by atoms with Gasteiger partial charge in [-0.15, -0.1) is 0 Å². The van der Waals surface area contributed by atoms with Crippen molar-refractivity contribution in [1.29, 1.82) is 0 Å². The first-order chi connectivity index (χ1) is 14.3. The van der Waals surface area contributed by atoms with Crippen molar-refractivity contribution < 1.29 is 24.6 Å². The molecular formula is C16H17N7O7. The van der Waals surface area contributed by atoms with Crippen LogP contribution in [0.15, 0.2) is 35.5 Å². The average molecular weight is 419 g/mol. The predicted molar refractivity (Wildman–Crippen MR) is 106 cm³/mol. The average Bonchev–Trinajstić information content (AvgIpc) is 2.68. The summed E-state index contributed by atoms with van der Waals surface area (Å²) in [5.74, 6) is -0.563. The van der Waals surface area contributed by atoms with Crippen LogP contribution in [0.25, 0.3) is 0 Å². The van der Waals surface area contributed by atoms with Crippen LogP contribution in [-0.2, 0) is 4.74 Å². The van der Waals surface area contributed by atoms with Crippen molar-refractivity contribution in [2.24, 2.45) is 5.16 Å². The Hall–Kier alpha value is -4.49. The minimum absolute atomic E-state index is 0.0366. The molecule has 1 amide bonds. The predicted octanol–water partition coefficient (Wildman–Crippen LogP) is 2.34. The summed E-state index contributed by atoms with van der Waals surface area (Å²) in [6.45, 7) is 1.49. The van der Waals surface area contributed by atoms with E-state index < -0.39 is 27.4 Å². The molecule has 0 atom stereocenters. The monoisotopic (exact) mass is 419 g/mol. The number of carbonyl (C=O) groups excluding carboxylic acids is 1. The zero-order chi connectivity index (χ0) is 22.3. The Balaban J connectivity index is 2.28. The van der Waals surface area contributed by atoms with E-state index in [1.54, 1.807) is 6.92 Å². The Kier molecular flexibility index (Phi) is 7.00. The van der Waals surface area contributed by atoms with Crippen molar-refractivity contribution in [2.75, 3.05) is 29.5 Å². The maximum atomic E-state index is 11.6. The maximum absolute atomic E-state index is 11.6. The fourth-order valence-electron chi connectivity index (χ4n) is 2.37. The number of hydrogen-bond acceptors (Lipinski definition) is 11. The van der Waals surface area contributed by atoms with Crippen LogP contribution in [0.1, 0.15) is 12.5 Å². The van der Waals surface area contributed by atoms with Gasteiger partial charge in [-0.3, -0.25) is 25.5 Å². The summed E-state index contributed by atoms with van der Waals surface area (Å²) in [4.78, 5) is 36.1. The van der Waals surface area contributed by atoms with Gasteiger partial charge in [0.25, 0.3) is 5.69 Å². The third kappa shape index (κ3) is 5.28. The highest BCUT2D eigenvalue weighted by Crippen LogP contribution is 2.32. The summed E-state index contributed by atoms with van der Waals surface area (Å²) in [6, 6.07) is 6.32. The summed E-state index contributed by atoms with van der Waals surface area (Å²) >= 11 is 0. The molecule has 14 nitrogen and oxygen atoms in total.